The van der Waals surface area contributed by atoms with Gasteiger partial charge in [0.15, 0.2) is 5.13 Å². The third-order valence-corrected chi connectivity index (χ3v) is 5.02. The van der Waals surface area contributed by atoms with Crippen LogP contribution in [0, 0.1) is 5.92 Å². The second-order valence-corrected chi connectivity index (χ2v) is 6.51. The van der Waals surface area contributed by atoms with Crippen LogP contribution in [-0.2, 0) is 11.2 Å². The van der Waals surface area contributed by atoms with Crippen molar-refractivity contribution in [1.29, 1.82) is 0 Å². The van der Waals surface area contributed by atoms with E-state index >= 15 is 0 Å². The molecule has 5 nitrogen and oxygen atoms in total. The number of nitrogens with zero attached hydrogens (tertiary/aromatic N) is 2. The monoisotopic (exact) mass is 332 g/mol. The molecule has 0 radical (unpaired) electrons. The Morgan fingerprint density at radius 3 is 3.00 bits per heavy atom. The van der Waals surface area contributed by atoms with Crippen LogP contribution in [0.3, 0.4) is 0 Å². The maximum atomic E-state index is 11.7. The fourth-order valence-electron chi connectivity index (χ4n) is 3.04. The lowest BCUT2D eigenvalue weighted by molar-refractivity contribution is 0.0600. The Bertz CT molecular complexity index is 672. The molecule has 1 saturated heterocycles. The Hall–Kier alpha value is -2.08. The Labute approximate surface area is 139 Å². The summed E-state index contributed by atoms with van der Waals surface area (Å²) in [5, 5.41) is 3.09. The van der Waals surface area contributed by atoms with Gasteiger partial charge in [-0.3, -0.25) is 0 Å². The summed E-state index contributed by atoms with van der Waals surface area (Å²) in [7, 11) is 3.06. The van der Waals surface area contributed by atoms with Crippen molar-refractivity contribution in [3.05, 3.63) is 40.9 Å². The predicted molar refractivity (Wildman–Crippen MR) is 90.5 cm³/mol. The summed E-state index contributed by atoms with van der Waals surface area (Å²) in [4.78, 5) is 18.4. The third kappa shape index (κ3) is 3.47. The molecule has 122 valence electrons. The van der Waals surface area contributed by atoms with Crippen LogP contribution >= 0.6 is 11.3 Å². The molecular formula is C17H20N2O3S. The number of carbonyl (C=O) groups is 1. The maximum Gasteiger partial charge on any atom is 0.337 e. The van der Waals surface area contributed by atoms with Crippen molar-refractivity contribution in [2.24, 2.45) is 5.92 Å². The van der Waals surface area contributed by atoms with Gasteiger partial charge in [-0.25, -0.2) is 9.78 Å². The molecule has 0 saturated carbocycles. The first kappa shape index (κ1) is 15.8. The molecule has 0 bridgehead atoms. The number of benzene rings is 1. The van der Waals surface area contributed by atoms with Gasteiger partial charge < -0.3 is 14.4 Å². The Morgan fingerprint density at radius 1 is 1.43 bits per heavy atom. The molecule has 0 aliphatic carbocycles. The smallest absolute Gasteiger partial charge is 0.337 e. The van der Waals surface area contributed by atoms with E-state index in [1.54, 1.807) is 24.5 Å². The Kier molecular flexibility index (Phi) is 4.81. The number of thiazole rings is 1. The Morgan fingerprint density at radius 2 is 2.30 bits per heavy atom. The number of aromatic nitrogens is 1. The zero-order valence-electron chi connectivity index (χ0n) is 13.3. The summed E-state index contributed by atoms with van der Waals surface area (Å²) < 4.78 is 10.3. The number of rotatable bonds is 5. The first-order valence-electron chi connectivity index (χ1n) is 7.61. The summed E-state index contributed by atoms with van der Waals surface area (Å²) in [5.74, 6) is 1.04. The number of carbonyl (C=O) groups excluding carboxylic acids is 1. The van der Waals surface area contributed by atoms with Gasteiger partial charge in [0.25, 0.3) is 0 Å². The van der Waals surface area contributed by atoms with Gasteiger partial charge in [-0.1, -0.05) is 0 Å². The van der Waals surface area contributed by atoms with Crippen LogP contribution in [0.2, 0.25) is 0 Å². The highest BCUT2D eigenvalue weighted by Crippen LogP contribution is 2.30. The molecular weight excluding hydrogens is 312 g/mol. The fraction of sp³-hybridized carbons (Fsp3) is 0.412. The molecule has 1 aliphatic rings. The zero-order chi connectivity index (χ0) is 16.2. The first-order chi connectivity index (χ1) is 11.2. The molecule has 1 aliphatic heterocycles. The van der Waals surface area contributed by atoms with Gasteiger partial charge in [-0.15, -0.1) is 11.3 Å². The summed E-state index contributed by atoms with van der Waals surface area (Å²) in [6.07, 6.45) is 3.84. The van der Waals surface area contributed by atoms with E-state index in [0.717, 1.165) is 42.4 Å². The van der Waals surface area contributed by atoms with Crippen LogP contribution in [0.15, 0.2) is 29.8 Å². The van der Waals surface area contributed by atoms with Crippen molar-refractivity contribution >= 4 is 22.4 Å². The number of hydrogen-bond donors (Lipinski definition) is 0. The number of esters is 1. The fourth-order valence-corrected chi connectivity index (χ4v) is 3.72. The topological polar surface area (TPSA) is 51.7 Å². The van der Waals surface area contributed by atoms with Crippen LogP contribution in [-0.4, -0.2) is 38.3 Å². The van der Waals surface area contributed by atoms with Gasteiger partial charge in [-0.05, 0) is 42.5 Å². The van der Waals surface area contributed by atoms with E-state index in [1.807, 2.05) is 23.7 Å². The second-order valence-electron chi connectivity index (χ2n) is 5.64. The third-order valence-electron chi connectivity index (χ3n) is 4.19. The molecule has 1 unspecified atom stereocenters. The lowest BCUT2D eigenvalue weighted by Crippen LogP contribution is -2.20. The van der Waals surface area contributed by atoms with Gasteiger partial charge in [-0.2, -0.15) is 0 Å². The highest BCUT2D eigenvalue weighted by atomic mass is 32.1. The lowest BCUT2D eigenvalue weighted by atomic mass is 9.96. The lowest BCUT2D eigenvalue weighted by Gasteiger charge is -2.16. The van der Waals surface area contributed by atoms with Crippen LogP contribution in [0.25, 0.3) is 0 Å². The molecule has 6 heteroatoms. The summed E-state index contributed by atoms with van der Waals surface area (Å²) in [6, 6.07) is 5.47. The van der Waals surface area contributed by atoms with Crippen LogP contribution in [0.1, 0.15) is 22.3 Å². The van der Waals surface area contributed by atoms with E-state index in [2.05, 4.69) is 9.88 Å². The minimum absolute atomic E-state index is 0.315. The van der Waals surface area contributed by atoms with E-state index in [4.69, 9.17) is 9.47 Å². The van der Waals surface area contributed by atoms with E-state index in [1.165, 1.54) is 7.11 Å². The zero-order valence-corrected chi connectivity index (χ0v) is 14.1. The van der Waals surface area contributed by atoms with Crippen LogP contribution in [0.4, 0.5) is 5.13 Å². The van der Waals surface area contributed by atoms with Crippen molar-refractivity contribution in [3.8, 4) is 5.75 Å². The van der Waals surface area contributed by atoms with Gasteiger partial charge in [0.1, 0.15) is 5.75 Å². The Balaban J connectivity index is 1.73. The molecule has 3 rings (SSSR count). The van der Waals surface area contributed by atoms with E-state index in [-0.39, 0.29) is 5.97 Å². The molecule has 1 fully saturated rings. The molecule has 1 atom stereocenters. The normalized spacial score (nSPS) is 17.3. The van der Waals surface area contributed by atoms with Gasteiger partial charge in [0, 0.05) is 24.7 Å². The predicted octanol–water partition coefficient (Wildman–Crippen LogP) is 3.01. The molecule has 0 spiro atoms. The SMILES string of the molecule is COC(=O)c1ccc(OC)c(CC2CCN(c3nccs3)C2)c1. The van der Waals surface area contributed by atoms with Crippen molar-refractivity contribution in [2.75, 3.05) is 32.2 Å². The number of methoxy groups -OCH3 is 2. The highest BCUT2D eigenvalue weighted by Gasteiger charge is 2.25. The number of ether oxygens (including phenoxy) is 2. The van der Waals surface area contributed by atoms with E-state index in [0.29, 0.717) is 11.5 Å². The minimum atomic E-state index is -0.315. The molecule has 1 aromatic carbocycles. The first-order valence-corrected chi connectivity index (χ1v) is 8.49. The van der Waals surface area contributed by atoms with Crippen LogP contribution in [0.5, 0.6) is 5.75 Å². The number of anilines is 1. The summed E-state index contributed by atoms with van der Waals surface area (Å²) in [5.41, 5.74) is 1.62. The van der Waals surface area contributed by atoms with Crippen LogP contribution < -0.4 is 9.64 Å². The highest BCUT2D eigenvalue weighted by molar-refractivity contribution is 7.13. The van der Waals surface area contributed by atoms with Gasteiger partial charge in [0.05, 0.1) is 19.8 Å². The van der Waals surface area contributed by atoms with Crippen molar-refractivity contribution < 1.29 is 14.3 Å². The molecule has 23 heavy (non-hydrogen) atoms. The molecule has 2 heterocycles. The minimum Gasteiger partial charge on any atom is -0.496 e. The second kappa shape index (κ2) is 7.00. The van der Waals surface area contributed by atoms with Crippen molar-refractivity contribution in [3.63, 3.8) is 0 Å². The largest absolute Gasteiger partial charge is 0.496 e. The van der Waals surface area contributed by atoms with E-state index in [9.17, 15) is 4.79 Å². The average Bonchev–Trinajstić information content (AvgIpc) is 3.25. The summed E-state index contributed by atoms with van der Waals surface area (Å²) >= 11 is 1.67. The standard InChI is InChI=1S/C17H20N2O3S/c1-21-15-4-3-13(16(20)22-2)10-14(15)9-12-5-7-19(11-12)17-18-6-8-23-17/h3-4,6,8,10,12H,5,7,9,11H2,1-2H3. The number of hydrogen-bond acceptors (Lipinski definition) is 6. The molecule has 0 amide bonds. The maximum absolute atomic E-state index is 11.7. The molecule has 0 N–H and O–H groups in total. The van der Waals surface area contributed by atoms with Gasteiger partial charge >= 0.3 is 5.97 Å². The summed E-state index contributed by atoms with van der Waals surface area (Å²) in [6.45, 7) is 2.01. The van der Waals surface area contributed by atoms with Gasteiger partial charge in [0.2, 0.25) is 0 Å². The quantitative estimate of drug-likeness (QED) is 0.788. The average molecular weight is 332 g/mol. The van der Waals surface area contributed by atoms with Crippen molar-refractivity contribution in [2.45, 2.75) is 12.8 Å². The van der Waals surface area contributed by atoms with Crippen molar-refractivity contribution in [1.82, 2.24) is 4.98 Å². The van der Waals surface area contributed by atoms with E-state index < -0.39 is 0 Å². The molecule has 1 aromatic heterocycles. The molecule has 2 aromatic rings.